The van der Waals surface area contributed by atoms with Gasteiger partial charge in [0, 0.05) is 68.3 Å². The van der Waals surface area contributed by atoms with Crippen LogP contribution in [0.4, 0.5) is 4.79 Å². The highest BCUT2D eigenvalue weighted by Gasteiger charge is 2.19. The Morgan fingerprint density at radius 3 is 2.48 bits per heavy atom. The third-order valence-electron chi connectivity index (χ3n) is 5.02. The van der Waals surface area contributed by atoms with Gasteiger partial charge in [0.1, 0.15) is 0 Å². The number of rotatable bonds is 4. The minimum atomic E-state index is -0.330. The Balaban J connectivity index is 1.42. The normalized spacial score (nSPS) is 15.2. The van der Waals surface area contributed by atoms with Crippen LogP contribution in [-0.2, 0) is 13.0 Å². The van der Waals surface area contributed by atoms with Gasteiger partial charge in [0.25, 0.3) is 0 Å². The number of piperazine rings is 1. The number of fused-ring (bicyclic) bond motifs is 1. The maximum absolute atomic E-state index is 11.2. The van der Waals surface area contributed by atoms with Gasteiger partial charge in [0.15, 0.2) is 0 Å². The summed E-state index contributed by atoms with van der Waals surface area (Å²) in [4.78, 5) is 24.4. The Hall–Kier alpha value is -2.99. The topological polar surface area (TPSA) is 75.4 Å². The average molecular weight is 361 g/mol. The van der Waals surface area contributed by atoms with E-state index in [1.165, 1.54) is 10.9 Å². The molecule has 3 aromatic rings. The van der Waals surface area contributed by atoms with Crippen LogP contribution in [0.15, 0.2) is 54.9 Å². The molecule has 1 aliphatic heterocycles. The average Bonchev–Trinajstić information content (AvgIpc) is 2.69. The van der Waals surface area contributed by atoms with Crippen LogP contribution in [0.5, 0.6) is 0 Å². The summed E-state index contributed by atoms with van der Waals surface area (Å²) in [5.74, 6) is 0. The lowest BCUT2D eigenvalue weighted by Gasteiger charge is -2.33. The number of urea groups is 1. The fraction of sp³-hybridized carbons (Fsp3) is 0.286. The summed E-state index contributed by atoms with van der Waals surface area (Å²) in [5, 5.41) is 2.35. The Kier molecular flexibility index (Phi) is 4.98. The molecule has 0 radical (unpaired) electrons. The molecule has 3 heterocycles. The number of amides is 2. The van der Waals surface area contributed by atoms with E-state index in [4.69, 9.17) is 5.73 Å². The van der Waals surface area contributed by atoms with E-state index in [-0.39, 0.29) is 6.03 Å². The monoisotopic (exact) mass is 361 g/mol. The molecule has 138 valence electrons. The van der Waals surface area contributed by atoms with Crippen LogP contribution in [0, 0.1) is 0 Å². The number of primary amides is 1. The van der Waals surface area contributed by atoms with Gasteiger partial charge in [0.2, 0.25) is 0 Å². The third-order valence-corrected chi connectivity index (χ3v) is 5.02. The fourth-order valence-electron chi connectivity index (χ4n) is 3.52. The maximum Gasteiger partial charge on any atom is 0.314 e. The number of hydrogen-bond acceptors (Lipinski definition) is 4. The second-order valence-corrected chi connectivity index (χ2v) is 6.96. The lowest BCUT2D eigenvalue weighted by atomic mass is 10.1. The zero-order chi connectivity index (χ0) is 18.6. The Labute approximate surface area is 158 Å². The standard InChI is InChI=1S/C21H23N5O/c22-21(27)26-9-7-25(8-10-26)15-16-5-6-23-19(11-16)13-20-12-17-3-1-2-4-18(17)14-24-20/h1-6,11-12,14H,7-10,13,15H2,(H2,22,27). The van der Waals surface area contributed by atoms with E-state index >= 15 is 0 Å². The first-order valence-corrected chi connectivity index (χ1v) is 9.21. The number of carbonyl (C=O) groups excluding carboxylic acids is 1. The predicted molar refractivity (Wildman–Crippen MR) is 105 cm³/mol. The zero-order valence-electron chi connectivity index (χ0n) is 15.2. The van der Waals surface area contributed by atoms with Crippen LogP contribution < -0.4 is 5.73 Å². The molecule has 1 aromatic carbocycles. The molecule has 0 bridgehead atoms. The van der Waals surface area contributed by atoms with Crippen molar-refractivity contribution in [3.8, 4) is 0 Å². The van der Waals surface area contributed by atoms with Crippen molar-refractivity contribution in [1.29, 1.82) is 0 Å². The van der Waals surface area contributed by atoms with Crippen LogP contribution in [0.25, 0.3) is 10.8 Å². The number of carbonyl (C=O) groups is 1. The molecule has 1 fully saturated rings. The van der Waals surface area contributed by atoms with Crippen LogP contribution >= 0.6 is 0 Å². The van der Waals surface area contributed by atoms with Gasteiger partial charge in [-0.15, -0.1) is 0 Å². The third kappa shape index (κ3) is 4.23. The Morgan fingerprint density at radius 1 is 0.963 bits per heavy atom. The van der Waals surface area contributed by atoms with Crippen LogP contribution in [0.1, 0.15) is 17.0 Å². The number of aromatic nitrogens is 2. The van der Waals surface area contributed by atoms with Gasteiger partial charge in [0.05, 0.1) is 0 Å². The van der Waals surface area contributed by atoms with E-state index in [0.717, 1.165) is 36.4 Å². The van der Waals surface area contributed by atoms with E-state index in [1.807, 2.05) is 24.5 Å². The van der Waals surface area contributed by atoms with Gasteiger partial charge < -0.3 is 10.6 Å². The van der Waals surface area contributed by atoms with Gasteiger partial charge in [-0.3, -0.25) is 14.9 Å². The fourth-order valence-corrected chi connectivity index (χ4v) is 3.52. The highest BCUT2D eigenvalue weighted by atomic mass is 16.2. The molecule has 0 atom stereocenters. The first-order valence-electron chi connectivity index (χ1n) is 9.21. The first-order chi connectivity index (χ1) is 13.2. The van der Waals surface area contributed by atoms with Gasteiger partial charge in [-0.1, -0.05) is 24.3 Å². The minimum Gasteiger partial charge on any atom is -0.351 e. The van der Waals surface area contributed by atoms with Crippen molar-refractivity contribution >= 4 is 16.8 Å². The lowest BCUT2D eigenvalue weighted by molar-refractivity contribution is 0.140. The predicted octanol–water partition coefficient (Wildman–Crippen LogP) is 2.42. The van der Waals surface area contributed by atoms with Gasteiger partial charge in [-0.25, -0.2) is 4.79 Å². The summed E-state index contributed by atoms with van der Waals surface area (Å²) in [6, 6.07) is 14.3. The van der Waals surface area contributed by atoms with Crippen molar-refractivity contribution in [1.82, 2.24) is 19.8 Å². The van der Waals surface area contributed by atoms with Crippen molar-refractivity contribution in [2.45, 2.75) is 13.0 Å². The largest absolute Gasteiger partial charge is 0.351 e. The van der Waals surface area contributed by atoms with Crippen LogP contribution in [0.2, 0.25) is 0 Å². The van der Waals surface area contributed by atoms with Gasteiger partial charge >= 0.3 is 6.03 Å². The molecule has 2 aromatic heterocycles. The molecule has 0 aliphatic carbocycles. The molecule has 0 spiro atoms. The second-order valence-electron chi connectivity index (χ2n) is 6.96. The summed E-state index contributed by atoms with van der Waals surface area (Å²) in [6.45, 7) is 3.91. The molecular formula is C21H23N5O. The van der Waals surface area contributed by atoms with Crippen LogP contribution in [0.3, 0.4) is 0 Å². The summed E-state index contributed by atoms with van der Waals surface area (Å²) >= 11 is 0. The second kappa shape index (κ2) is 7.72. The summed E-state index contributed by atoms with van der Waals surface area (Å²) in [6.07, 6.45) is 4.51. The molecule has 27 heavy (non-hydrogen) atoms. The van der Waals surface area contributed by atoms with Gasteiger partial charge in [-0.2, -0.15) is 0 Å². The summed E-state index contributed by atoms with van der Waals surface area (Å²) in [5.41, 5.74) is 8.62. The Bertz CT molecular complexity index is 950. The molecule has 1 aliphatic rings. The van der Waals surface area contributed by atoms with E-state index in [0.29, 0.717) is 19.5 Å². The van der Waals surface area contributed by atoms with E-state index < -0.39 is 0 Å². The molecule has 6 nitrogen and oxygen atoms in total. The number of nitrogens with zero attached hydrogens (tertiary/aromatic N) is 4. The van der Waals surface area contributed by atoms with Crippen LogP contribution in [-0.4, -0.2) is 52.0 Å². The quantitative estimate of drug-likeness (QED) is 0.774. The van der Waals surface area contributed by atoms with Crippen molar-refractivity contribution < 1.29 is 4.79 Å². The number of pyridine rings is 2. The number of benzene rings is 1. The molecule has 6 heteroatoms. The smallest absolute Gasteiger partial charge is 0.314 e. The van der Waals surface area contributed by atoms with Crippen molar-refractivity contribution in [2.75, 3.05) is 26.2 Å². The molecule has 4 rings (SSSR count). The SMILES string of the molecule is NC(=O)N1CCN(Cc2ccnc(Cc3cc4ccccc4cn3)c2)CC1. The zero-order valence-corrected chi connectivity index (χ0v) is 15.2. The summed E-state index contributed by atoms with van der Waals surface area (Å²) in [7, 11) is 0. The maximum atomic E-state index is 11.2. The highest BCUT2D eigenvalue weighted by molar-refractivity contribution is 5.81. The molecular weight excluding hydrogens is 338 g/mol. The minimum absolute atomic E-state index is 0.330. The van der Waals surface area contributed by atoms with E-state index in [1.54, 1.807) is 4.90 Å². The van der Waals surface area contributed by atoms with E-state index in [9.17, 15) is 4.79 Å². The number of nitrogens with two attached hydrogens (primary N) is 1. The molecule has 2 N–H and O–H groups in total. The number of hydrogen-bond donors (Lipinski definition) is 1. The lowest BCUT2D eigenvalue weighted by Crippen LogP contribution is -2.50. The van der Waals surface area contributed by atoms with Crippen molar-refractivity contribution in [3.63, 3.8) is 0 Å². The first kappa shape index (κ1) is 17.4. The molecule has 2 amide bonds. The van der Waals surface area contributed by atoms with Crippen molar-refractivity contribution in [3.05, 3.63) is 71.8 Å². The van der Waals surface area contributed by atoms with Crippen molar-refractivity contribution in [2.24, 2.45) is 5.73 Å². The molecule has 0 saturated carbocycles. The van der Waals surface area contributed by atoms with Gasteiger partial charge in [-0.05, 0) is 29.1 Å². The molecule has 0 unspecified atom stereocenters. The molecule has 1 saturated heterocycles. The highest BCUT2D eigenvalue weighted by Crippen LogP contribution is 2.16. The van der Waals surface area contributed by atoms with E-state index in [2.05, 4.69) is 45.2 Å². The Morgan fingerprint density at radius 2 is 1.70 bits per heavy atom. The summed E-state index contributed by atoms with van der Waals surface area (Å²) < 4.78 is 0.